The van der Waals surface area contributed by atoms with Gasteiger partial charge in [-0.3, -0.25) is 4.79 Å². The number of nitrogens with zero attached hydrogens (tertiary/aromatic N) is 1. The highest BCUT2D eigenvalue weighted by atomic mass is 16.1. The van der Waals surface area contributed by atoms with E-state index in [9.17, 15) is 4.79 Å². The molecule has 0 saturated heterocycles. The number of carbonyl (C=O) groups is 1. The molecule has 1 N–H and O–H groups in total. The fraction of sp³-hybridized carbons (Fsp3) is 0. The SMILES string of the molecule is C=CNC(=O)C(=C)C#N. The van der Waals surface area contributed by atoms with E-state index < -0.39 is 5.91 Å². The van der Waals surface area contributed by atoms with Crippen LogP contribution in [0, 0.1) is 11.3 Å². The highest BCUT2D eigenvalue weighted by Gasteiger charge is 2.00. The molecule has 0 rings (SSSR count). The normalized spacial score (nSPS) is 7.00. The quantitative estimate of drug-likeness (QED) is 0.423. The maximum atomic E-state index is 10.5. The second-order valence-electron chi connectivity index (χ2n) is 1.27. The Balaban J connectivity index is 3.92. The zero-order valence-electron chi connectivity index (χ0n) is 4.85. The van der Waals surface area contributed by atoms with Crippen molar-refractivity contribution in [2.45, 2.75) is 0 Å². The fourth-order valence-corrected chi connectivity index (χ4v) is 0.231. The molecule has 9 heavy (non-hydrogen) atoms. The van der Waals surface area contributed by atoms with E-state index in [0.717, 1.165) is 0 Å². The van der Waals surface area contributed by atoms with E-state index in [4.69, 9.17) is 5.26 Å². The van der Waals surface area contributed by atoms with Gasteiger partial charge in [0.15, 0.2) is 0 Å². The van der Waals surface area contributed by atoms with E-state index in [2.05, 4.69) is 18.5 Å². The summed E-state index contributed by atoms with van der Waals surface area (Å²) in [5.41, 5.74) is -0.116. The van der Waals surface area contributed by atoms with E-state index in [1.54, 1.807) is 6.07 Å². The van der Waals surface area contributed by atoms with Gasteiger partial charge in [-0.1, -0.05) is 13.2 Å². The van der Waals surface area contributed by atoms with Gasteiger partial charge in [-0.05, 0) is 6.20 Å². The average Bonchev–Trinajstić information content (AvgIpc) is 1.87. The highest BCUT2D eigenvalue weighted by Crippen LogP contribution is 1.83. The minimum absolute atomic E-state index is 0.116. The second-order valence-corrected chi connectivity index (χ2v) is 1.27. The molecule has 0 aromatic carbocycles. The number of rotatable bonds is 2. The molecule has 0 aliphatic heterocycles. The Morgan fingerprint density at radius 2 is 2.33 bits per heavy atom. The summed E-state index contributed by atoms with van der Waals surface area (Å²) in [6, 6.07) is 1.60. The first-order chi connectivity index (χ1) is 4.22. The lowest BCUT2D eigenvalue weighted by Gasteiger charge is -1.91. The van der Waals surface area contributed by atoms with E-state index in [0.29, 0.717) is 0 Å². The van der Waals surface area contributed by atoms with Crippen molar-refractivity contribution in [3.05, 3.63) is 24.9 Å². The average molecular weight is 122 g/mol. The summed E-state index contributed by atoms with van der Waals surface area (Å²) in [7, 11) is 0. The van der Waals surface area contributed by atoms with Crippen LogP contribution in [0.3, 0.4) is 0 Å². The number of carbonyl (C=O) groups excluding carboxylic acids is 1. The Labute approximate surface area is 53.3 Å². The van der Waals surface area contributed by atoms with Crippen LogP contribution < -0.4 is 5.32 Å². The molecule has 1 amide bonds. The highest BCUT2D eigenvalue weighted by molar-refractivity contribution is 5.96. The van der Waals surface area contributed by atoms with Gasteiger partial charge >= 0.3 is 0 Å². The van der Waals surface area contributed by atoms with Gasteiger partial charge in [-0.15, -0.1) is 0 Å². The van der Waals surface area contributed by atoms with Crippen LogP contribution in [0.2, 0.25) is 0 Å². The molecule has 0 heterocycles. The number of hydrogen-bond acceptors (Lipinski definition) is 2. The number of nitrogens with one attached hydrogen (secondary N) is 1. The molecule has 3 heteroatoms. The van der Waals surface area contributed by atoms with Gasteiger partial charge in [0.1, 0.15) is 11.6 Å². The molecule has 0 atom stereocenters. The Kier molecular flexibility index (Phi) is 2.85. The zero-order valence-corrected chi connectivity index (χ0v) is 4.85. The molecular weight excluding hydrogens is 116 g/mol. The van der Waals surface area contributed by atoms with E-state index in [1.807, 2.05) is 0 Å². The molecular formula is C6H6N2O. The van der Waals surface area contributed by atoms with Gasteiger partial charge < -0.3 is 5.32 Å². The van der Waals surface area contributed by atoms with Crippen molar-refractivity contribution < 1.29 is 4.79 Å². The first-order valence-electron chi connectivity index (χ1n) is 2.23. The number of amides is 1. The van der Waals surface area contributed by atoms with Gasteiger partial charge in [-0.25, -0.2) is 0 Å². The van der Waals surface area contributed by atoms with Gasteiger partial charge in [0, 0.05) is 0 Å². The first kappa shape index (κ1) is 7.44. The van der Waals surface area contributed by atoms with Gasteiger partial charge in [0.05, 0.1) is 0 Å². The van der Waals surface area contributed by atoms with Crippen molar-refractivity contribution in [3.63, 3.8) is 0 Å². The van der Waals surface area contributed by atoms with Gasteiger partial charge in [0.25, 0.3) is 5.91 Å². The molecule has 0 fully saturated rings. The van der Waals surface area contributed by atoms with Crippen LogP contribution in [0.25, 0.3) is 0 Å². The van der Waals surface area contributed by atoms with E-state index >= 15 is 0 Å². The molecule has 0 saturated carbocycles. The molecule has 0 spiro atoms. The maximum Gasteiger partial charge on any atom is 0.265 e. The third-order valence-electron chi connectivity index (χ3n) is 0.642. The summed E-state index contributed by atoms with van der Waals surface area (Å²) in [5, 5.41) is 10.3. The smallest absolute Gasteiger partial charge is 0.265 e. The summed E-state index contributed by atoms with van der Waals surface area (Å²) < 4.78 is 0. The van der Waals surface area contributed by atoms with Crippen molar-refractivity contribution in [3.8, 4) is 6.07 Å². The summed E-state index contributed by atoms with van der Waals surface area (Å²) in [5.74, 6) is -0.507. The van der Waals surface area contributed by atoms with Crippen LogP contribution in [0.15, 0.2) is 24.9 Å². The number of nitriles is 1. The number of hydrogen-bond donors (Lipinski definition) is 1. The Morgan fingerprint density at radius 1 is 1.78 bits per heavy atom. The van der Waals surface area contributed by atoms with Crippen LogP contribution in [-0.4, -0.2) is 5.91 Å². The lowest BCUT2D eigenvalue weighted by Crippen LogP contribution is -2.17. The predicted molar refractivity (Wildman–Crippen MR) is 33.1 cm³/mol. The summed E-state index contributed by atoms with van der Waals surface area (Å²) in [4.78, 5) is 10.5. The molecule has 0 aromatic rings. The molecule has 0 radical (unpaired) electrons. The largest absolute Gasteiger partial charge is 0.329 e. The summed E-state index contributed by atoms with van der Waals surface area (Å²) >= 11 is 0. The van der Waals surface area contributed by atoms with E-state index in [1.165, 1.54) is 6.20 Å². The van der Waals surface area contributed by atoms with Crippen LogP contribution >= 0.6 is 0 Å². The molecule has 46 valence electrons. The Hall–Kier alpha value is -1.56. The van der Waals surface area contributed by atoms with Crippen LogP contribution in [0.4, 0.5) is 0 Å². The lowest BCUT2D eigenvalue weighted by atomic mass is 10.3. The van der Waals surface area contributed by atoms with Crippen molar-refractivity contribution in [1.29, 1.82) is 5.26 Å². The van der Waals surface area contributed by atoms with Crippen LogP contribution in [-0.2, 0) is 4.79 Å². The Morgan fingerprint density at radius 3 is 2.67 bits per heavy atom. The molecule has 0 unspecified atom stereocenters. The van der Waals surface area contributed by atoms with Crippen LogP contribution in [0.5, 0.6) is 0 Å². The minimum Gasteiger partial charge on any atom is -0.329 e. The third kappa shape index (κ3) is 2.29. The lowest BCUT2D eigenvalue weighted by molar-refractivity contribution is -0.116. The monoisotopic (exact) mass is 122 g/mol. The third-order valence-corrected chi connectivity index (χ3v) is 0.642. The van der Waals surface area contributed by atoms with Crippen molar-refractivity contribution in [2.24, 2.45) is 0 Å². The molecule has 0 aromatic heterocycles. The molecule has 0 aliphatic carbocycles. The topological polar surface area (TPSA) is 52.9 Å². The minimum atomic E-state index is -0.507. The van der Waals surface area contributed by atoms with Crippen molar-refractivity contribution >= 4 is 5.91 Å². The van der Waals surface area contributed by atoms with Crippen molar-refractivity contribution in [1.82, 2.24) is 5.32 Å². The van der Waals surface area contributed by atoms with Crippen LogP contribution in [0.1, 0.15) is 0 Å². The Bertz CT molecular complexity index is 188. The predicted octanol–water partition coefficient (Wildman–Crippen LogP) is 0.326. The van der Waals surface area contributed by atoms with E-state index in [-0.39, 0.29) is 5.57 Å². The first-order valence-corrected chi connectivity index (χ1v) is 2.23. The molecule has 0 aliphatic rings. The van der Waals surface area contributed by atoms with Crippen molar-refractivity contribution in [2.75, 3.05) is 0 Å². The van der Waals surface area contributed by atoms with Gasteiger partial charge in [-0.2, -0.15) is 5.26 Å². The maximum absolute atomic E-state index is 10.5. The second kappa shape index (κ2) is 3.44. The fourth-order valence-electron chi connectivity index (χ4n) is 0.231. The van der Waals surface area contributed by atoms with Gasteiger partial charge in [0.2, 0.25) is 0 Å². The summed E-state index contributed by atoms with van der Waals surface area (Å²) in [6.45, 7) is 6.41. The molecule has 3 nitrogen and oxygen atoms in total. The zero-order chi connectivity index (χ0) is 7.28. The standard InChI is InChI=1S/C6H6N2O/c1-3-8-6(9)5(2)4-7/h3H,1-2H2,(H,8,9). The summed E-state index contributed by atoms with van der Waals surface area (Å²) in [6.07, 6.45) is 1.20. The molecule has 0 bridgehead atoms.